The maximum Gasteiger partial charge on any atom is 0.256 e. The van der Waals surface area contributed by atoms with E-state index in [-0.39, 0.29) is 36.7 Å². The minimum Gasteiger partial charge on any atom is -0.464 e. The molecule has 3 aromatic rings. The quantitative estimate of drug-likeness (QED) is 0.387. The highest BCUT2D eigenvalue weighted by Gasteiger charge is 2.28. The first-order valence-corrected chi connectivity index (χ1v) is 11.7. The molecule has 0 radical (unpaired) electrons. The molecule has 6 nitrogen and oxygen atoms in total. The topological polar surface area (TPSA) is 70.8 Å². The van der Waals surface area contributed by atoms with E-state index in [0.717, 1.165) is 0 Å². The van der Waals surface area contributed by atoms with Crippen LogP contribution in [0.2, 0.25) is 0 Å². The van der Waals surface area contributed by atoms with Crippen LogP contribution < -0.4 is 5.43 Å². The Morgan fingerprint density at radius 2 is 1.74 bits per heavy atom. The fourth-order valence-electron chi connectivity index (χ4n) is 3.52. The highest BCUT2D eigenvalue weighted by Crippen LogP contribution is 2.17. The van der Waals surface area contributed by atoms with E-state index in [0.29, 0.717) is 23.0 Å². The van der Waals surface area contributed by atoms with Crippen molar-refractivity contribution >= 4 is 46.0 Å². The summed E-state index contributed by atoms with van der Waals surface area (Å²) >= 11 is 11.6. The second kappa shape index (κ2) is 11.5. The molecule has 2 amide bonds. The van der Waals surface area contributed by atoms with Crippen molar-refractivity contribution in [2.75, 3.05) is 6.54 Å². The Hall–Kier alpha value is -2.90. The van der Waals surface area contributed by atoms with Crippen LogP contribution in [0, 0.1) is 5.82 Å². The van der Waals surface area contributed by atoms with Crippen molar-refractivity contribution in [1.82, 2.24) is 9.80 Å². The lowest BCUT2D eigenvalue weighted by molar-refractivity contribution is -0.142. The van der Waals surface area contributed by atoms with Gasteiger partial charge in [-0.3, -0.25) is 14.4 Å². The molecule has 1 aromatic heterocycles. The van der Waals surface area contributed by atoms with Gasteiger partial charge in [0.1, 0.15) is 17.9 Å². The monoisotopic (exact) mass is 506 g/mol. The van der Waals surface area contributed by atoms with E-state index in [4.69, 9.17) is 27.6 Å². The number of benzene rings is 2. The first-order chi connectivity index (χ1) is 16.2. The van der Waals surface area contributed by atoms with Crippen molar-refractivity contribution in [2.45, 2.75) is 44.2 Å². The number of halogens is 3. The second-order valence-corrected chi connectivity index (χ2v) is 9.08. The van der Waals surface area contributed by atoms with Crippen molar-refractivity contribution < 1.29 is 18.4 Å². The maximum atomic E-state index is 13.4. The van der Waals surface area contributed by atoms with Gasteiger partial charge in [0.25, 0.3) is 5.91 Å². The SMILES string of the molecule is CCC(C)N(CC(=O)N(Cc1ccc(F)cc1)Cc1coc2ccccc2c1=O)C(=O)C(Cl)Cl. The smallest absolute Gasteiger partial charge is 0.256 e. The van der Waals surface area contributed by atoms with Crippen LogP contribution in [-0.4, -0.2) is 39.0 Å². The fourth-order valence-corrected chi connectivity index (χ4v) is 3.77. The molecule has 0 aliphatic rings. The molecule has 0 bridgehead atoms. The zero-order chi connectivity index (χ0) is 24.8. The summed E-state index contributed by atoms with van der Waals surface area (Å²) in [6.45, 7) is 3.44. The molecule has 0 saturated heterocycles. The summed E-state index contributed by atoms with van der Waals surface area (Å²) in [6, 6.07) is 12.3. The number of fused-ring (bicyclic) bond motifs is 1. The Labute approximate surface area is 206 Å². The Morgan fingerprint density at radius 1 is 1.06 bits per heavy atom. The lowest BCUT2D eigenvalue weighted by Gasteiger charge is -2.31. The van der Waals surface area contributed by atoms with Crippen LogP contribution in [0.3, 0.4) is 0 Å². The number of hydrogen-bond donors (Lipinski definition) is 0. The van der Waals surface area contributed by atoms with Crippen molar-refractivity contribution in [3.63, 3.8) is 0 Å². The van der Waals surface area contributed by atoms with Crippen LogP contribution in [0.5, 0.6) is 0 Å². The third-order valence-electron chi connectivity index (χ3n) is 5.65. The van der Waals surface area contributed by atoms with Crippen LogP contribution in [0.25, 0.3) is 11.0 Å². The van der Waals surface area contributed by atoms with E-state index in [1.807, 2.05) is 6.92 Å². The summed E-state index contributed by atoms with van der Waals surface area (Å²) in [4.78, 5) is 40.4. The highest BCUT2D eigenvalue weighted by atomic mass is 35.5. The van der Waals surface area contributed by atoms with Crippen LogP contribution in [-0.2, 0) is 22.7 Å². The van der Waals surface area contributed by atoms with Gasteiger partial charge < -0.3 is 14.2 Å². The molecule has 3 rings (SSSR count). The van der Waals surface area contributed by atoms with E-state index >= 15 is 0 Å². The van der Waals surface area contributed by atoms with Crippen molar-refractivity contribution in [2.24, 2.45) is 0 Å². The number of para-hydroxylation sites is 1. The standard InChI is InChI=1S/C25H25Cl2FN2O4/c1-3-16(2)30(25(33)24(26)27)14-22(31)29(12-17-8-10-19(28)11-9-17)13-18-15-34-21-7-5-4-6-20(21)23(18)32/h4-11,15-16,24H,3,12-14H2,1-2H3. The number of carbonyl (C=O) groups is 2. The van der Waals surface area contributed by atoms with Gasteiger partial charge in [0.05, 0.1) is 23.8 Å². The molecule has 34 heavy (non-hydrogen) atoms. The van der Waals surface area contributed by atoms with Crippen LogP contribution >= 0.6 is 23.2 Å². The van der Waals surface area contributed by atoms with Crippen molar-refractivity contribution in [3.8, 4) is 0 Å². The zero-order valence-corrected chi connectivity index (χ0v) is 20.4. The maximum absolute atomic E-state index is 13.4. The van der Waals surface area contributed by atoms with E-state index in [1.165, 1.54) is 28.2 Å². The number of rotatable bonds is 9. The minimum atomic E-state index is -1.31. The van der Waals surface area contributed by atoms with Gasteiger partial charge in [-0.2, -0.15) is 0 Å². The van der Waals surface area contributed by atoms with Gasteiger partial charge in [0, 0.05) is 12.6 Å². The van der Waals surface area contributed by atoms with Gasteiger partial charge in [-0.1, -0.05) is 54.4 Å². The molecule has 2 aromatic carbocycles. The number of amides is 2. The predicted octanol–water partition coefficient (Wildman–Crippen LogP) is 4.89. The molecule has 0 saturated carbocycles. The zero-order valence-electron chi connectivity index (χ0n) is 18.8. The van der Waals surface area contributed by atoms with Gasteiger partial charge in [-0.15, -0.1) is 0 Å². The molecule has 0 spiro atoms. The molecule has 180 valence electrons. The molecule has 0 aliphatic heterocycles. The number of nitrogens with zero attached hydrogens (tertiary/aromatic N) is 2. The van der Waals surface area contributed by atoms with Crippen molar-refractivity contribution in [3.05, 3.63) is 82.0 Å². The molecule has 1 unspecified atom stereocenters. The third-order valence-corrected chi connectivity index (χ3v) is 6.02. The first kappa shape index (κ1) is 25.7. The average Bonchev–Trinajstić information content (AvgIpc) is 2.84. The highest BCUT2D eigenvalue weighted by molar-refractivity contribution is 6.53. The molecule has 1 heterocycles. The van der Waals surface area contributed by atoms with Gasteiger partial charge in [0.2, 0.25) is 5.91 Å². The second-order valence-electron chi connectivity index (χ2n) is 7.99. The molecular formula is C25H25Cl2FN2O4. The van der Waals surface area contributed by atoms with E-state index in [9.17, 15) is 18.8 Å². The van der Waals surface area contributed by atoms with Gasteiger partial charge in [0.15, 0.2) is 10.3 Å². The van der Waals surface area contributed by atoms with Crippen LogP contribution in [0.15, 0.2) is 64.0 Å². The lowest BCUT2D eigenvalue weighted by atomic mass is 10.1. The molecule has 0 fully saturated rings. The number of hydrogen-bond acceptors (Lipinski definition) is 4. The van der Waals surface area contributed by atoms with Crippen LogP contribution in [0.1, 0.15) is 31.4 Å². The van der Waals surface area contributed by atoms with E-state index in [2.05, 4.69) is 0 Å². The molecule has 0 aliphatic carbocycles. The average molecular weight is 507 g/mol. The summed E-state index contributed by atoms with van der Waals surface area (Å²) in [5.41, 5.74) is 1.13. The van der Waals surface area contributed by atoms with E-state index < -0.39 is 22.5 Å². The molecule has 0 N–H and O–H groups in total. The third kappa shape index (κ3) is 6.15. The number of carbonyl (C=O) groups excluding carboxylic acids is 2. The molecule has 9 heteroatoms. The lowest BCUT2D eigenvalue weighted by Crippen LogP contribution is -2.48. The summed E-state index contributed by atoms with van der Waals surface area (Å²) in [6.07, 6.45) is 1.92. The van der Waals surface area contributed by atoms with E-state index in [1.54, 1.807) is 43.3 Å². The van der Waals surface area contributed by atoms with Crippen molar-refractivity contribution in [1.29, 1.82) is 0 Å². The summed E-state index contributed by atoms with van der Waals surface area (Å²) in [5.74, 6) is -1.39. The Bertz CT molecular complexity index is 1210. The number of alkyl halides is 2. The summed E-state index contributed by atoms with van der Waals surface area (Å²) in [5, 5.41) is 0.401. The van der Waals surface area contributed by atoms with Gasteiger partial charge >= 0.3 is 0 Å². The van der Waals surface area contributed by atoms with Gasteiger partial charge in [-0.25, -0.2) is 4.39 Å². The normalized spacial score (nSPS) is 12.1. The Morgan fingerprint density at radius 3 is 2.38 bits per heavy atom. The predicted molar refractivity (Wildman–Crippen MR) is 130 cm³/mol. The summed E-state index contributed by atoms with van der Waals surface area (Å²) < 4.78 is 19.0. The molecule has 1 atom stereocenters. The molecular weight excluding hydrogens is 482 g/mol. The minimum absolute atomic E-state index is 0.0584. The van der Waals surface area contributed by atoms with Gasteiger partial charge in [-0.05, 0) is 43.2 Å². The Balaban J connectivity index is 1.93. The fraction of sp³-hybridized carbons (Fsp3) is 0.320. The largest absolute Gasteiger partial charge is 0.464 e. The summed E-state index contributed by atoms with van der Waals surface area (Å²) in [7, 11) is 0. The Kier molecular flexibility index (Phi) is 8.69. The van der Waals surface area contributed by atoms with Crippen LogP contribution in [0.4, 0.5) is 4.39 Å². The first-order valence-electron chi connectivity index (χ1n) is 10.8.